The summed E-state index contributed by atoms with van der Waals surface area (Å²) in [7, 11) is 0. The summed E-state index contributed by atoms with van der Waals surface area (Å²) in [6.07, 6.45) is -6.54. The predicted octanol–water partition coefficient (Wildman–Crippen LogP) is 5.24. The second-order valence-electron chi connectivity index (χ2n) is 5.28. The number of aromatic nitrogens is 3. The van der Waals surface area contributed by atoms with Gasteiger partial charge in [-0.25, -0.2) is 9.97 Å². The summed E-state index contributed by atoms with van der Waals surface area (Å²) in [4.78, 5) is 11.4. The zero-order valence-electron chi connectivity index (χ0n) is 12.8. The lowest BCUT2D eigenvalue weighted by atomic mass is 10.1. The van der Waals surface area contributed by atoms with E-state index in [1.54, 1.807) is 0 Å². The van der Waals surface area contributed by atoms with Crippen LogP contribution in [0.1, 0.15) is 11.3 Å². The third-order valence-corrected chi connectivity index (χ3v) is 3.44. The molecule has 0 radical (unpaired) electrons. The minimum atomic E-state index is -4.74. The molecule has 0 aliphatic carbocycles. The molecule has 134 valence electrons. The molecule has 0 aliphatic heterocycles. The number of hydrogen-bond donors (Lipinski definition) is 0. The van der Waals surface area contributed by atoms with Crippen molar-refractivity contribution in [1.82, 2.24) is 15.0 Å². The van der Waals surface area contributed by atoms with E-state index >= 15 is 0 Å². The van der Waals surface area contributed by atoms with Crippen molar-refractivity contribution in [3.63, 3.8) is 0 Å². The fourth-order valence-electron chi connectivity index (χ4n) is 2.19. The third kappa shape index (κ3) is 3.81. The number of nitrogens with zero attached hydrogens (tertiary/aromatic N) is 3. The third-order valence-electron chi connectivity index (χ3n) is 3.44. The van der Waals surface area contributed by atoms with Crippen LogP contribution in [0.5, 0.6) is 0 Å². The second kappa shape index (κ2) is 6.40. The summed E-state index contributed by atoms with van der Waals surface area (Å²) in [6, 6.07) is 7.40. The molecule has 1 aromatic carbocycles. The molecule has 2 aromatic heterocycles. The standard InChI is InChI=1S/C17H9F6N3/c18-16(19,20)12-5-3-10(4-6-12)13-8-14(17(21,22)23)26-15(25-13)11-2-1-7-24-9-11/h1-9H. The highest BCUT2D eigenvalue weighted by molar-refractivity contribution is 5.64. The summed E-state index contributed by atoms with van der Waals surface area (Å²) in [6.45, 7) is 0. The van der Waals surface area contributed by atoms with Crippen molar-refractivity contribution in [3.8, 4) is 22.6 Å². The maximum Gasteiger partial charge on any atom is 0.433 e. The molecule has 0 atom stereocenters. The first-order valence-electron chi connectivity index (χ1n) is 7.19. The molecule has 9 heteroatoms. The summed E-state index contributed by atoms with van der Waals surface area (Å²) in [5.41, 5.74) is -1.87. The molecule has 0 saturated heterocycles. The Morgan fingerprint density at radius 2 is 1.42 bits per heavy atom. The van der Waals surface area contributed by atoms with Gasteiger partial charge in [0.05, 0.1) is 11.3 Å². The smallest absolute Gasteiger partial charge is 0.264 e. The molecule has 3 nitrogen and oxygen atoms in total. The topological polar surface area (TPSA) is 38.7 Å². The van der Waals surface area contributed by atoms with Gasteiger partial charge >= 0.3 is 12.4 Å². The zero-order chi connectivity index (χ0) is 18.9. The quantitative estimate of drug-likeness (QED) is 0.580. The van der Waals surface area contributed by atoms with Crippen molar-refractivity contribution < 1.29 is 26.3 Å². The Morgan fingerprint density at radius 1 is 0.731 bits per heavy atom. The van der Waals surface area contributed by atoms with Gasteiger partial charge in [-0.1, -0.05) is 12.1 Å². The molecule has 0 unspecified atom stereocenters. The number of halogens is 6. The molecule has 26 heavy (non-hydrogen) atoms. The van der Waals surface area contributed by atoms with Crippen molar-refractivity contribution in [1.29, 1.82) is 0 Å². The first-order valence-corrected chi connectivity index (χ1v) is 7.19. The average molecular weight is 369 g/mol. The molecule has 0 saturated carbocycles. The minimum absolute atomic E-state index is 0.107. The van der Waals surface area contributed by atoms with Crippen molar-refractivity contribution in [2.24, 2.45) is 0 Å². The van der Waals surface area contributed by atoms with E-state index in [-0.39, 0.29) is 22.6 Å². The Balaban J connectivity index is 2.12. The van der Waals surface area contributed by atoms with E-state index in [9.17, 15) is 26.3 Å². The maximum atomic E-state index is 13.1. The summed E-state index contributed by atoms with van der Waals surface area (Å²) < 4.78 is 77.4. The van der Waals surface area contributed by atoms with Gasteiger partial charge in [-0.15, -0.1) is 0 Å². The van der Waals surface area contributed by atoms with Crippen LogP contribution in [-0.2, 0) is 12.4 Å². The molecule has 0 spiro atoms. The number of hydrogen-bond acceptors (Lipinski definition) is 3. The first-order chi connectivity index (χ1) is 12.1. The molecule has 0 amide bonds. The SMILES string of the molecule is FC(F)(F)c1ccc(-c2cc(C(F)(F)F)nc(-c3cccnc3)n2)cc1. The molecule has 0 fully saturated rings. The van der Waals surface area contributed by atoms with Gasteiger partial charge in [-0.2, -0.15) is 26.3 Å². The van der Waals surface area contributed by atoms with Crippen LogP contribution in [0.4, 0.5) is 26.3 Å². The van der Waals surface area contributed by atoms with Crippen LogP contribution in [0.3, 0.4) is 0 Å². The lowest BCUT2D eigenvalue weighted by Crippen LogP contribution is -2.10. The van der Waals surface area contributed by atoms with Crippen LogP contribution in [-0.4, -0.2) is 15.0 Å². The molecule has 0 bridgehead atoms. The van der Waals surface area contributed by atoms with Gasteiger partial charge in [0.2, 0.25) is 0 Å². The number of alkyl halides is 6. The normalized spacial score (nSPS) is 12.2. The van der Waals surface area contributed by atoms with Gasteiger partial charge in [0.15, 0.2) is 5.82 Å². The molecule has 0 aliphatic rings. The van der Waals surface area contributed by atoms with E-state index in [0.29, 0.717) is 6.07 Å². The van der Waals surface area contributed by atoms with Crippen molar-refractivity contribution in [2.75, 3.05) is 0 Å². The van der Waals surface area contributed by atoms with Gasteiger partial charge in [0, 0.05) is 23.5 Å². The van der Waals surface area contributed by atoms with Crippen LogP contribution in [0.15, 0.2) is 54.9 Å². The summed E-state index contributed by atoms with van der Waals surface area (Å²) in [5, 5.41) is 0. The van der Waals surface area contributed by atoms with Gasteiger partial charge in [0.1, 0.15) is 5.69 Å². The Kier molecular flexibility index (Phi) is 4.39. The zero-order valence-corrected chi connectivity index (χ0v) is 12.8. The lowest BCUT2D eigenvalue weighted by Gasteiger charge is -2.11. The lowest BCUT2D eigenvalue weighted by molar-refractivity contribution is -0.141. The van der Waals surface area contributed by atoms with Gasteiger partial charge < -0.3 is 0 Å². The Labute approximate surface area is 143 Å². The largest absolute Gasteiger partial charge is 0.433 e. The number of pyridine rings is 1. The van der Waals surface area contributed by atoms with E-state index in [1.807, 2.05) is 0 Å². The van der Waals surface area contributed by atoms with Crippen molar-refractivity contribution >= 4 is 0 Å². The monoisotopic (exact) mass is 369 g/mol. The Hall–Kier alpha value is -2.97. The second-order valence-corrected chi connectivity index (χ2v) is 5.28. The van der Waals surface area contributed by atoms with Crippen LogP contribution >= 0.6 is 0 Å². The highest BCUT2D eigenvalue weighted by Gasteiger charge is 2.34. The van der Waals surface area contributed by atoms with E-state index in [2.05, 4.69) is 15.0 Å². The molecule has 2 heterocycles. The van der Waals surface area contributed by atoms with E-state index in [4.69, 9.17) is 0 Å². The molecular weight excluding hydrogens is 360 g/mol. The Morgan fingerprint density at radius 3 is 1.96 bits per heavy atom. The van der Waals surface area contributed by atoms with Crippen molar-refractivity contribution in [3.05, 3.63) is 66.1 Å². The summed E-state index contributed by atoms with van der Waals surface area (Å²) in [5.74, 6) is -0.220. The fourth-order valence-corrected chi connectivity index (χ4v) is 2.19. The highest BCUT2D eigenvalue weighted by Crippen LogP contribution is 2.34. The van der Waals surface area contributed by atoms with E-state index in [0.717, 1.165) is 24.3 Å². The average Bonchev–Trinajstić information content (AvgIpc) is 2.61. The van der Waals surface area contributed by atoms with Crippen molar-refractivity contribution in [2.45, 2.75) is 12.4 Å². The molecular formula is C17H9F6N3. The van der Waals surface area contributed by atoms with Crippen LogP contribution in [0.25, 0.3) is 22.6 Å². The van der Waals surface area contributed by atoms with E-state index in [1.165, 1.54) is 24.5 Å². The maximum absolute atomic E-state index is 13.1. The Bertz CT molecular complexity index is 903. The fraction of sp³-hybridized carbons (Fsp3) is 0.118. The number of benzene rings is 1. The minimum Gasteiger partial charge on any atom is -0.264 e. The predicted molar refractivity (Wildman–Crippen MR) is 80.7 cm³/mol. The van der Waals surface area contributed by atoms with Gasteiger partial charge in [-0.05, 0) is 30.3 Å². The van der Waals surface area contributed by atoms with Gasteiger partial charge in [0.25, 0.3) is 0 Å². The first kappa shape index (κ1) is 17.8. The van der Waals surface area contributed by atoms with Crippen LogP contribution in [0, 0.1) is 0 Å². The van der Waals surface area contributed by atoms with Gasteiger partial charge in [-0.3, -0.25) is 4.98 Å². The molecule has 3 rings (SSSR count). The van der Waals surface area contributed by atoms with Crippen LogP contribution in [0.2, 0.25) is 0 Å². The number of rotatable bonds is 2. The molecule has 0 N–H and O–H groups in total. The van der Waals surface area contributed by atoms with Crippen LogP contribution < -0.4 is 0 Å². The van der Waals surface area contributed by atoms with E-state index < -0.39 is 23.6 Å². The highest BCUT2D eigenvalue weighted by atomic mass is 19.4. The summed E-state index contributed by atoms with van der Waals surface area (Å²) >= 11 is 0. The molecule has 3 aromatic rings.